The minimum Gasteiger partial charge on any atom is -0.350 e. The number of hydrogen-bond donors (Lipinski definition) is 3. The average Bonchev–Trinajstić information content (AvgIpc) is 1.89. The van der Waals surface area contributed by atoms with E-state index < -0.39 is 0 Å². The predicted molar refractivity (Wildman–Crippen MR) is 37.6 cm³/mol. The van der Waals surface area contributed by atoms with E-state index in [1.54, 1.807) is 6.08 Å². The molecule has 0 fully saturated rings. The van der Waals surface area contributed by atoms with E-state index in [-0.39, 0.29) is 6.04 Å². The molecule has 0 aliphatic rings. The molecule has 0 radical (unpaired) electrons. The number of quaternary nitrogens is 1. The molecule has 9 heavy (non-hydrogen) atoms. The van der Waals surface area contributed by atoms with Gasteiger partial charge < -0.3 is 11.2 Å². The molecule has 1 unspecified atom stereocenters. The van der Waals surface area contributed by atoms with Crippen LogP contribution in [0.2, 0.25) is 0 Å². The number of nitrogens with one attached hydrogen (secondary N) is 1. The molecule has 4 heteroatoms. The average molecular weight is 129 g/mol. The Hall–Kier alpha value is -0.870. The molecule has 0 rings (SSSR count). The first-order valence-corrected chi connectivity index (χ1v) is 2.71. The molecule has 0 aromatic carbocycles. The van der Waals surface area contributed by atoms with E-state index >= 15 is 0 Å². The van der Waals surface area contributed by atoms with Gasteiger partial charge in [0.05, 0.1) is 12.9 Å². The van der Waals surface area contributed by atoms with Crippen LogP contribution in [0.3, 0.4) is 0 Å². The minimum atomic E-state index is 0.176. The molecule has 0 bridgehead atoms. The highest BCUT2D eigenvalue weighted by Crippen LogP contribution is 1.74. The number of aliphatic imine (C=N–C) groups is 1. The summed E-state index contributed by atoms with van der Waals surface area (Å²) in [5.41, 5.74) is 6.02. The lowest BCUT2D eigenvalue weighted by molar-refractivity contribution is -0.399. The Morgan fingerprint density at radius 1 is 1.89 bits per heavy atom. The number of rotatable bonds is 4. The molecule has 0 aliphatic carbocycles. The van der Waals surface area contributed by atoms with E-state index in [4.69, 9.17) is 5.84 Å². The summed E-state index contributed by atoms with van der Waals surface area (Å²) < 4.78 is 0. The van der Waals surface area contributed by atoms with Crippen molar-refractivity contribution >= 4 is 6.34 Å². The second-order valence-corrected chi connectivity index (χ2v) is 1.66. The van der Waals surface area contributed by atoms with Crippen LogP contribution in [-0.2, 0) is 0 Å². The Bertz CT molecular complexity index is 99.1. The van der Waals surface area contributed by atoms with Gasteiger partial charge in [-0.3, -0.25) is 4.99 Å². The van der Waals surface area contributed by atoms with Crippen LogP contribution < -0.4 is 17.0 Å². The quantitative estimate of drug-likeness (QED) is 0.139. The lowest BCUT2D eigenvalue weighted by atomic mass is 10.3. The molecule has 0 amide bonds. The molecule has 1 atom stereocenters. The number of nitrogens with zero attached hydrogens (tertiary/aromatic N) is 1. The zero-order valence-electron chi connectivity index (χ0n) is 5.38. The van der Waals surface area contributed by atoms with Gasteiger partial charge in [0.1, 0.15) is 6.04 Å². The molecular weight excluding hydrogens is 116 g/mol. The number of hydrazine groups is 1. The van der Waals surface area contributed by atoms with Crippen molar-refractivity contribution in [2.45, 2.75) is 6.04 Å². The van der Waals surface area contributed by atoms with Crippen LogP contribution in [0.5, 0.6) is 0 Å². The van der Waals surface area contributed by atoms with Crippen LogP contribution in [-0.4, -0.2) is 18.9 Å². The Kier molecular flexibility index (Phi) is 4.76. The zero-order valence-corrected chi connectivity index (χ0v) is 5.38. The van der Waals surface area contributed by atoms with E-state index in [0.29, 0.717) is 6.54 Å². The SMILES string of the molecule is C=CC([NH3+])CN=CNN. The first kappa shape index (κ1) is 8.13. The maximum atomic E-state index is 4.91. The molecule has 0 aliphatic heterocycles. The standard InChI is InChI=1S/C5H12N4/c1-2-5(6)3-8-4-9-7/h2,4-5H,1,3,6-7H2,(H,8,9)/p+1. The Morgan fingerprint density at radius 3 is 3.00 bits per heavy atom. The first-order chi connectivity index (χ1) is 4.31. The lowest BCUT2D eigenvalue weighted by Gasteiger charge is -1.94. The smallest absolute Gasteiger partial charge is 0.123 e. The fourth-order valence-electron chi connectivity index (χ4n) is 0.315. The third-order valence-electron chi connectivity index (χ3n) is 0.839. The summed E-state index contributed by atoms with van der Waals surface area (Å²) in [6.07, 6.45) is 3.18. The molecule has 52 valence electrons. The highest BCUT2D eigenvalue weighted by atomic mass is 15.2. The van der Waals surface area contributed by atoms with Gasteiger partial charge in [-0.05, 0) is 6.08 Å². The molecular formula is C5H13N4+. The number of nitrogens with two attached hydrogens (primary N) is 1. The van der Waals surface area contributed by atoms with Crippen LogP contribution in [0.1, 0.15) is 0 Å². The zero-order chi connectivity index (χ0) is 7.11. The van der Waals surface area contributed by atoms with E-state index in [2.05, 4.69) is 22.7 Å². The van der Waals surface area contributed by atoms with Gasteiger partial charge in [0.2, 0.25) is 0 Å². The fraction of sp³-hybridized carbons (Fsp3) is 0.400. The molecule has 0 spiro atoms. The summed E-state index contributed by atoms with van der Waals surface area (Å²) in [5.74, 6) is 4.91. The van der Waals surface area contributed by atoms with Crippen molar-refractivity contribution in [2.75, 3.05) is 6.54 Å². The highest BCUT2D eigenvalue weighted by molar-refractivity contribution is 5.52. The molecule has 0 saturated heterocycles. The van der Waals surface area contributed by atoms with Crippen molar-refractivity contribution in [3.8, 4) is 0 Å². The molecule has 0 heterocycles. The van der Waals surface area contributed by atoms with Gasteiger partial charge in [-0.15, -0.1) is 0 Å². The van der Waals surface area contributed by atoms with Crippen LogP contribution >= 0.6 is 0 Å². The van der Waals surface area contributed by atoms with Gasteiger partial charge in [-0.25, -0.2) is 5.84 Å². The third kappa shape index (κ3) is 4.99. The van der Waals surface area contributed by atoms with Crippen molar-refractivity contribution in [1.29, 1.82) is 0 Å². The highest BCUT2D eigenvalue weighted by Gasteiger charge is 1.93. The van der Waals surface area contributed by atoms with E-state index in [1.807, 2.05) is 0 Å². The van der Waals surface area contributed by atoms with E-state index in [1.165, 1.54) is 6.34 Å². The van der Waals surface area contributed by atoms with Crippen LogP contribution in [0.25, 0.3) is 0 Å². The Balaban J connectivity index is 3.25. The third-order valence-corrected chi connectivity index (χ3v) is 0.839. The van der Waals surface area contributed by atoms with Gasteiger partial charge in [0, 0.05) is 0 Å². The van der Waals surface area contributed by atoms with Crippen LogP contribution in [0, 0.1) is 0 Å². The maximum Gasteiger partial charge on any atom is 0.123 e. The monoisotopic (exact) mass is 129 g/mol. The number of hydrogen-bond acceptors (Lipinski definition) is 2. The van der Waals surface area contributed by atoms with E-state index in [0.717, 1.165) is 0 Å². The van der Waals surface area contributed by atoms with Crippen molar-refractivity contribution < 1.29 is 5.73 Å². The largest absolute Gasteiger partial charge is 0.350 e. The lowest BCUT2D eigenvalue weighted by Crippen LogP contribution is -2.61. The van der Waals surface area contributed by atoms with Crippen LogP contribution in [0.15, 0.2) is 17.6 Å². The summed E-state index contributed by atoms with van der Waals surface area (Å²) in [4.78, 5) is 3.87. The summed E-state index contributed by atoms with van der Waals surface area (Å²) in [7, 11) is 0. The van der Waals surface area contributed by atoms with Gasteiger partial charge >= 0.3 is 0 Å². The molecule has 0 aromatic heterocycles. The topological polar surface area (TPSA) is 78.0 Å². The summed E-state index contributed by atoms with van der Waals surface area (Å²) >= 11 is 0. The second-order valence-electron chi connectivity index (χ2n) is 1.66. The Labute approximate surface area is 54.6 Å². The van der Waals surface area contributed by atoms with Crippen molar-refractivity contribution in [3.05, 3.63) is 12.7 Å². The molecule has 6 N–H and O–H groups in total. The van der Waals surface area contributed by atoms with E-state index in [9.17, 15) is 0 Å². The molecule has 0 aromatic rings. The summed E-state index contributed by atoms with van der Waals surface area (Å²) in [6, 6.07) is 0.176. The fourth-order valence-corrected chi connectivity index (χ4v) is 0.315. The van der Waals surface area contributed by atoms with Crippen LogP contribution in [0.4, 0.5) is 0 Å². The van der Waals surface area contributed by atoms with Gasteiger partial charge in [0.25, 0.3) is 0 Å². The first-order valence-electron chi connectivity index (χ1n) is 2.71. The van der Waals surface area contributed by atoms with Gasteiger partial charge in [-0.1, -0.05) is 6.58 Å². The molecule has 4 nitrogen and oxygen atoms in total. The molecule has 0 saturated carbocycles. The van der Waals surface area contributed by atoms with Crippen molar-refractivity contribution in [2.24, 2.45) is 10.8 Å². The Morgan fingerprint density at radius 2 is 2.56 bits per heavy atom. The van der Waals surface area contributed by atoms with Gasteiger partial charge in [0.15, 0.2) is 0 Å². The minimum absolute atomic E-state index is 0.176. The van der Waals surface area contributed by atoms with Crippen molar-refractivity contribution in [3.63, 3.8) is 0 Å². The second kappa shape index (κ2) is 5.27. The normalized spacial score (nSPS) is 13.6. The predicted octanol–water partition coefficient (Wildman–Crippen LogP) is -1.73. The summed E-state index contributed by atoms with van der Waals surface area (Å²) in [6.45, 7) is 4.18. The summed E-state index contributed by atoms with van der Waals surface area (Å²) in [5, 5.41) is 0. The van der Waals surface area contributed by atoms with Crippen molar-refractivity contribution in [1.82, 2.24) is 5.43 Å². The maximum absolute atomic E-state index is 4.91. The van der Waals surface area contributed by atoms with Gasteiger partial charge in [-0.2, -0.15) is 0 Å².